The maximum atomic E-state index is 13.0. The zero-order valence-electron chi connectivity index (χ0n) is 11.7. The number of hydrogen-bond donors (Lipinski definition) is 1. The molecule has 0 unspecified atom stereocenters. The second kappa shape index (κ2) is 5.57. The van der Waals surface area contributed by atoms with Gasteiger partial charge in [-0.1, -0.05) is 6.92 Å². The molecule has 3 nitrogen and oxygen atoms in total. The first-order valence-electron chi connectivity index (χ1n) is 6.88. The van der Waals surface area contributed by atoms with Crippen molar-refractivity contribution in [1.29, 1.82) is 5.26 Å². The van der Waals surface area contributed by atoms with Crippen LogP contribution in [0, 0.1) is 11.3 Å². The van der Waals surface area contributed by atoms with Crippen molar-refractivity contribution in [2.45, 2.75) is 38.0 Å². The predicted octanol–water partition coefficient (Wildman–Crippen LogP) is 3.32. The summed E-state index contributed by atoms with van der Waals surface area (Å²) in [6, 6.07) is 5.34. The summed E-state index contributed by atoms with van der Waals surface area (Å²) in [7, 11) is 0. The number of hydrogen-bond acceptors (Lipinski definition) is 3. The van der Waals surface area contributed by atoms with Crippen LogP contribution in [0.5, 0.6) is 0 Å². The number of aliphatic hydroxyl groups is 1. The van der Waals surface area contributed by atoms with Gasteiger partial charge in [-0.15, -0.1) is 0 Å². The van der Waals surface area contributed by atoms with Gasteiger partial charge in [0.2, 0.25) is 0 Å². The second-order valence-corrected chi connectivity index (χ2v) is 5.40. The Morgan fingerprint density at radius 2 is 1.95 bits per heavy atom. The van der Waals surface area contributed by atoms with Crippen molar-refractivity contribution in [3.8, 4) is 6.07 Å². The van der Waals surface area contributed by atoms with Gasteiger partial charge in [-0.2, -0.15) is 18.4 Å². The normalized spacial score (nSPS) is 18.4. The lowest BCUT2D eigenvalue weighted by molar-refractivity contribution is -0.137. The first-order valence-corrected chi connectivity index (χ1v) is 6.88. The number of nitriles is 1. The highest BCUT2D eigenvalue weighted by Crippen LogP contribution is 2.36. The molecule has 0 saturated carbocycles. The van der Waals surface area contributed by atoms with Crippen LogP contribution in [0.4, 0.5) is 18.9 Å². The van der Waals surface area contributed by atoms with E-state index in [-0.39, 0.29) is 5.56 Å². The van der Waals surface area contributed by atoms with E-state index in [0.29, 0.717) is 38.0 Å². The van der Waals surface area contributed by atoms with Crippen molar-refractivity contribution in [2.24, 2.45) is 0 Å². The number of alkyl halides is 3. The molecule has 0 spiro atoms. The molecule has 1 aliphatic rings. The lowest BCUT2D eigenvalue weighted by Crippen LogP contribution is -2.44. The molecule has 6 heteroatoms. The zero-order chi connectivity index (χ0) is 15.7. The first-order chi connectivity index (χ1) is 9.79. The van der Waals surface area contributed by atoms with Crippen LogP contribution < -0.4 is 4.90 Å². The van der Waals surface area contributed by atoms with E-state index in [9.17, 15) is 18.3 Å². The third-order valence-electron chi connectivity index (χ3n) is 4.15. The smallest absolute Gasteiger partial charge is 0.390 e. The van der Waals surface area contributed by atoms with E-state index in [1.165, 1.54) is 12.1 Å². The summed E-state index contributed by atoms with van der Waals surface area (Å²) >= 11 is 0. The van der Waals surface area contributed by atoms with Crippen molar-refractivity contribution in [3.05, 3.63) is 29.3 Å². The van der Waals surface area contributed by atoms with Crippen LogP contribution in [-0.4, -0.2) is 23.8 Å². The van der Waals surface area contributed by atoms with Crippen LogP contribution >= 0.6 is 0 Å². The van der Waals surface area contributed by atoms with Crippen molar-refractivity contribution < 1.29 is 18.3 Å². The van der Waals surface area contributed by atoms with Gasteiger partial charge in [0, 0.05) is 18.8 Å². The highest BCUT2D eigenvalue weighted by Gasteiger charge is 2.35. The Morgan fingerprint density at radius 3 is 2.43 bits per heavy atom. The van der Waals surface area contributed by atoms with Crippen LogP contribution in [0.2, 0.25) is 0 Å². The lowest BCUT2D eigenvalue weighted by Gasteiger charge is -2.39. The SMILES string of the molecule is CCC1(O)CCN(c2ccc(C#N)c(C(F)(F)F)c2)CC1. The number of halogens is 3. The molecule has 1 aliphatic heterocycles. The summed E-state index contributed by atoms with van der Waals surface area (Å²) < 4.78 is 38.9. The number of anilines is 1. The Balaban J connectivity index is 2.25. The maximum absolute atomic E-state index is 13.0. The zero-order valence-corrected chi connectivity index (χ0v) is 11.7. The molecule has 0 aliphatic carbocycles. The molecule has 2 rings (SSSR count). The van der Waals surface area contributed by atoms with Gasteiger partial charge < -0.3 is 10.0 Å². The van der Waals surface area contributed by atoms with E-state index in [1.54, 1.807) is 6.07 Å². The fourth-order valence-corrected chi connectivity index (χ4v) is 2.60. The van der Waals surface area contributed by atoms with Crippen molar-refractivity contribution in [2.75, 3.05) is 18.0 Å². The largest absolute Gasteiger partial charge is 0.417 e. The predicted molar refractivity (Wildman–Crippen MR) is 72.8 cm³/mol. The Kier molecular flexibility index (Phi) is 4.15. The van der Waals surface area contributed by atoms with Gasteiger partial charge in [-0.25, -0.2) is 0 Å². The molecule has 1 aromatic carbocycles. The van der Waals surface area contributed by atoms with E-state index < -0.39 is 17.3 Å². The Morgan fingerprint density at radius 1 is 1.33 bits per heavy atom. The fourth-order valence-electron chi connectivity index (χ4n) is 2.60. The van der Waals surface area contributed by atoms with Crippen LogP contribution in [-0.2, 0) is 6.18 Å². The highest BCUT2D eigenvalue weighted by molar-refractivity contribution is 5.55. The summed E-state index contributed by atoms with van der Waals surface area (Å²) in [5.41, 5.74) is -1.54. The Hall–Kier alpha value is -1.74. The minimum absolute atomic E-state index is 0.367. The van der Waals surface area contributed by atoms with Crippen LogP contribution in [0.3, 0.4) is 0 Å². The number of rotatable bonds is 2. The Bertz CT molecular complexity index is 555. The quantitative estimate of drug-likeness (QED) is 0.911. The number of benzene rings is 1. The van der Waals surface area contributed by atoms with Gasteiger partial charge >= 0.3 is 6.18 Å². The van der Waals surface area contributed by atoms with E-state index in [0.717, 1.165) is 6.07 Å². The molecule has 0 amide bonds. The fraction of sp³-hybridized carbons (Fsp3) is 0.533. The third-order valence-corrected chi connectivity index (χ3v) is 4.15. The van der Waals surface area contributed by atoms with Crippen LogP contribution in [0.25, 0.3) is 0 Å². The minimum Gasteiger partial charge on any atom is -0.390 e. The molecule has 0 bridgehead atoms. The summed E-state index contributed by atoms with van der Waals surface area (Å²) in [5, 5.41) is 18.9. The van der Waals surface area contributed by atoms with Gasteiger partial charge in [-0.3, -0.25) is 0 Å². The third kappa shape index (κ3) is 3.30. The van der Waals surface area contributed by atoms with Gasteiger partial charge in [-0.05, 0) is 37.5 Å². The molecule has 1 fully saturated rings. The summed E-state index contributed by atoms with van der Waals surface area (Å²) in [6.07, 6.45) is -2.83. The van der Waals surface area contributed by atoms with Gasteiger partial charge in [0.25, 0.3) is 0 Å². The molecule has 0 radical (unpaired) electrons. The highest BCUT2D eigenvalue weighted by atomic mass is 19.4. The van der Waals surface area contributed by atoms with Crippen LogP contribution in [0.15, 0.2) is 18.2 Å². The lowest BCUT2D eigenvalue weighted by atomic mass is 9.88. The summed E-state index contributed by atoms with van der Waals surface area (Å²) in [6.45, 7) is 2.92. The standard InChI is InChI=1S/C15H17F3N2O/c1-2-14(21)5-7-20(8-6-14)12-4-3-11(10-19)13(9-12)15(16,17)18/h3-4,9,21H,2,5-8H2,1H3. The molecule has 1 heterocycles. The van der Waals surface area contributed by atoms with E-state index in [2.05, 4.69) is 0 Å². The molecule has 1 N–H and O–H groups in total. The molecular weight excluding hydrogens is 281 g/mol. The summed E-state index contributed by atoms with van der Waals surface area (Å²) in [4.78, 5) is 1.82. The average Bonchev–Trinajstić information content (AvgIpc) is 2.46. The topological polar surface area (TPSA) is 47.3 Å². The molecular formula is C15H17F3N2O. The van der Waals surface area contributed by atoms with E-state index in [4.69, 9.17) is 5.26 Å². The van der Waals surface area contributed by atoms with Crippen molar-refractivity contribution in [1.82, 2.24) is 0 Å². The van der Waals surface area contributed by atoms with Crippen molar-refractivity contribution in [3.63, 3.8) is 0 Å². The molecule has 1 aromatic rings. The first kappa shape index (κ1) is 15.6. The second-order valence-electron chi connectivity index (χ2n) is 5.40. The Labute approximate surface area is 121 Å². The van der Waals surface area contributed by atoms with E-state index >= 15 is 0 Å². The summed E-state index contributed by atoms with van der Waals surface area (Å²) in [5.74, 6) is 0. The molecule has 21 heavy (non-hydrogen) atoms. The monoisotopic (exact) mass is 298 g/mol. The number of piperidine rings is 1. The van der Waals surface area contributed by atoms with Crippen molar-refractivity contribution >= 4 is 5.69 Å². The molecule has 0 atom stereocenters. The van der Waals surface area contributed by atoms with E-state index in [1.807, 2.05) is 11.8 Å². The van der Waals surface area contributed by atoms with Gasteiger partial charge in [0.1, 0.15) is 0 Å². The number of nitrogens with zero attached hydrogens (tertiary/aromatic N) is 2. The molecule has 0 aromatic heterocycles. The maximum Gasteiger partial charge on any atom is 0.417 e. The van der Waals surface area contributed by atoms with Gasteiger partial charge in [0.05, 0.1) is 22.8 Å². The van der Waals surface area contributed by atoms with Gasteiger partial charge in [0.15, 0.2) is 0 Å². The van der Waals surface area contributed by atoms with Crippen LogP contribution in [0.1, 0.15) is 37.3 Å². The molecule has 1 saturated heterocycles. The average molecular weight is 298 g/mol. The minimum atomic E-state index is -4.54. The molecule has 114 valence electrons.